The Hall–Kier alpha value is -2.97. The van der Waals surface area contributed by atoms with Gasteiger partial charge in [0.05, 0.1) is 11.1 Å². The van der Waals surface area contributed by atoms with Crippen LogP contribution in [0.15, 0.2) is 58.5 Å². The Morgan fingerprint density at radius 2 is 1.88 bits per heavy atom. The summed E-state index contributed by atoms with van der Waals surface area (Å²) in [5.41, 5.74) is 3.97. The third-order valence-corrected chi connectivity index (χ3v) is 8.17. The van der Waals surface area contributed by atoms with Crippen LogP contribution in [0.4, 0.5) is 4.39 Å². The second-order valence-electron chi connectivity index (χ2n) is 8.29. The molecule has 34 heavy (non-hydrogen) atoms. The fraction of sp³-hybridized carbons (Fsp3) is 0.269. The molecule has 2 aromatic carbocycles. The largest absolute Gasteiger partial charge is 0.337 e. The van der Waals surface area contributed by atoms with Gasteiger partial charge in [-0.3, -0.25) is 14.2 Å². The predicted octanol–water partition coefficient (Wildman–Crippen LogP) is 5.27. The van der Waals surface area contributed by atoms with Crippen LogP contribution in [-0.2, 0) is 24.3 Å². The molecule has 4 aromatic rings. The zero-order chi connectivity index (χ0) is 23.8. The summed E-state index contributed by atoms with van der Waals surface area (Å²) < 4.78 is 15.1. The van der Waals surface area contributed by atoms with Crippen LogP contribution in [0.5, 0.6) is 0 Å². The molecule has 5 rings (SSSR count). The van der Waals surface area contributed by atoms with Crippen LogP contribution in [0.25, 0.3) is 21.3 Å². The van der Waals surface area contributed by atoms with Crippen LogP contribution < -0.4 is 5.56 Å². The number of thioether (sulfide) groups is 1. The van der Waals surface area contributed by atoms with Crippen LogP contribution in [0.2, 0.25) is 0 Å². The normalized spacial score (nSPS) is 13.3. The molecule has 5 nitrogen and oxygen atoms in total. The summed E-state index contributed by atoms with van der Waals surface area (Å²) in [6, 6.07) is 14.4. The number of carbonyl (C=O) groups is 1. The number of benzene rings is 2. The molecule has 0 N–H and O–H groups in total. The third-order valence-electron chi connectivity index (χ3n) is 6.21. The topological polar surface area (TPSA) is 55.2 Å². The zero-order valence-corrected chi connectivity index (χ0v) is 20.6. The molecule has 0 bridgehead atoms. The van der Waals surface area contributed by atoms with Gasteiger partial charge in [-0.25, -0.2) is 9.37 Å². The SMILES string of the molecule is CCn1c(SCC(=O)N2CCc3ccccc3C2)nc2sc(C)c(-c3ccc(F)cc3)c2c1=O. The molecule has 3 heterocycles. The number of rotatable bonds is 5. The molecule has 1 amide bonds. The van der Waals surface area contributed by atoms with Gasteiger partial charge in [-0.2, -0.15) is 0 Å². The number of carbonyl (C=O) groups excluding carboxylic acids is 1. The van der Waals surface area contributed by atoms with E-state index in [9.17, 15) is 14.0 Å². The molecule has 0 unspecified atom stereocenters. The van der Waals surface area contributed by atoms with Crippen LogP contribution in [0, 0.1) is 12.7 Å². The molecule has 0 radical (unpaired) electrons. The summed E-state index contributed by atoms with van der Waals surface area (Å²) in [6.45, 7) is 5.62. The molecule has 2 aromatic heterocycles. The van der Waals surface area contributed by atoms with E-state index in [0.29, 0.717) is 35.0 Å². The smallest absolute Gasteiger partial charge is 0.263 e. The number of aryl methyl sites for hydroxylation is 1. The highest BCUT2D eigenvalue weighted by atomic mass is 32.2. The molecule has 0 atom stereocenters. The van der Waals surface area contributed by atoms with Crippen LogP contribution in [0.3, 0.4) is 0 Å². The van der Waals surface area contributed by atoms with Gasteiger partial charge in [0.1, 0.15) is 10.6 Å². The van der Waals surface area contributed by atoms with Crippen LogP contribution >= 0.6 is 23.1 Å². The Kier molecular flexibility index (Phi) is 6.27. The third kappa shape index (κ3) is 4.16. The maximum Gasteiger partial charge on any atom is 0.263 e. The van der Waals surface area contributed by atoms with E-state index in [1.165, 1.54) is 46.4 Å². The molecular weight excluding hydrogens is 469 g/mol. The van der Waals surface area contributed by atoms with Crippen molar-refractivity contribution in [2.45, 2.75) is 38.5 Å². The predicted molar refractivity (Wildman–Crippen MR) is 136 cm³/mol. The zero-order valence-electron chi connectivity index (χ0n) is 19.0. The summed E-state index contributed by atoms with van der Waals surface area (Å²) in [5.74, 6) is -0.0357. The Bertz CT molecular complexity index is 1440. The average Bonchev–Trinajstić information content (AvgIpc) is 3.18. The van der Waals surface area contributed by atoms with E-state index < -0.39 is 0 Å². The molecule has 0 saturated heterocycles. The van der Waals surface area contributed by atoms with Crippen molar-refractivity contribution in [1.29, 1.82) is 0 Å². The van der Waals surface area contributed by atoms with E-state index in [0.717, 1.165) is 22.4 Å². The Balaban J connectivity index is 1.42. The number of thiophene rings is 1. The maximum absolute atomic E-state index is 13.5. The minimum absolute atomic E-state index is 0.0471. The minimum Gasteiger partial charge on any atom is -0.337 e. The highest BCUT2D eigenvalue weighted by Crippen LogP contribution is 2.36. The van der Waals surface area contributed by atoms with Gasteiger partial charge in [0.15, 0.2) is 5.16 Å². The number of aromatic nitrogens is 2. The summed E-state index contributed by atoms with van der Waals surface area (Å²) >= 11 is 2.77. The Labute approximate surface area is 205 Å². The van der Waals surface area contributed by atoms with Gasteiger partial charge in [0.25, 0.3) is 5.56 Å². The summed E-state index contributed by atoms with van der Waals surface area (Å²) in [5, 5.41) is 1.11. The molecule has 1 aliphatic heterocycles. The number of hydrogen-bond acceptors (Lipinski definition) is 5. The molecule has 174 valence electrons. The van der Waals surface area contributed by atoms with E-state index in [2.05, 4.69) is 12.1 Å². The monoisotopic (exact) mass is 493 g/mol. The van der Waals surface area contributed by atoms with E-state index in [1.807, 2.05) is 30.9 Å². The first-order chi connectivity index (χ1) is 16.5. The van der Waals surface area contributed by atoms with Crippen molar-refractivity contribution in [2.75, 3.05) is 12.3 Å². The first kappa shape index (κ1) is 22.8. The number of hydrogen-bond donors (Lipinski definition) is 0. The minimum atomic E-state index is -0.314. The molecule has 0 spiro atoms. The second kappa shape index (κ2) is 9.35. The van der Waals surface area contributed by atoms with Gasteiger partial charge in [-0.05, 0) is 49.1 Å². The summed E-state index contributed by atoms with van der Waals surface area (Å²) in [7, 11) is 0. The standard InChI is InChI=1S/C26H24FN3O2S2/c1-3-30-25(32)23-22(18-8-10-20(27)11-9-18)16(2)34-24(23)28-26(30)33-15-21(31)29-13-12-17-6-4-5-7-19(17)14-29/h4-11H,3,12-15H2,1-2H3. The Morgan fingerprint density at radius 1 is 1.15 bits per heavy atom. The van der Waals surface area contributed by atoms with Gasteiger partial charge < -0.3 is 4.90 Å². The van der Waals surface area contributed by atoms with Crippen LogP contribution in [-0.4, -0.2) is 32.7 Å². The highest BCUT2D eigenvalue weighted by Gasteiger charge is 2.23. The van der Waals surface area contributed by atoms with E-state index in [1.54, 1.807) is 16.7 Å². The van der Waals surface area contributed by atoms with E-state index >= 15 is 0 Å². The molecule has 0 fully saturated rings. The van der Waals surface area contributed by atoms with Gasteiger partial charge >= 0.3 is 0 Å². The van der Waals surface area contributed by atoms with Crippen molar-refractivity contribution in [3.05, 3.63) is 80.7 Å². The maximum atomic E-state index is 13.5. The lowest BCUT2D eigenvalue weighted by molar-refractivity contribution is -0.129. The summed E-state index contributed by atoms with van der Waals surface area (Å²) in [4.78, 5) is 34.7. The van der Waals surface area contributed by atoms with Crippen LogP contribution in [0.1, 0.15) is 22.9 Å². The lowest BCUT2D eigenvalue weighted by Gasteiger charge is -2.28. The number of halogens is 1. The van der Waals surface area contributed by atoms with Crippen molar-refractivity contribution >= 4 is 39.2 Å². The molecule has 0 aliphatic carbocycles. The second-order valence-corrected chi connectivity index (χ2v) is 10.4. The lowest BCUT2D eigenvalue weighted by Crippen LogP contribution is -2.37. The fourth-order valence-corrected chi connectivity index (χ4v) is 6.51. The van der Waals surface area contributed by atoms with Crippen molar-refractivity contribution < 1.29 is 9.18 Å². The lowest BCUT2D eigenvalue weighted by atomic mass is 10.00. The quantitative estimate of drug-likeness (QED) is 0.281. The van der Waals surface area contributed by atoms with E-state index in [-0.39, 0.29) is 23.0 Å². The first-order valence-electron chi connectivity index (χ1n) is 11.2. The van der Waals surface area contributed by atoms with Gasteiger partial charge in [-0.1, -0.05) is 48.2 Å². The van der Waals surface area contributed by atoms with Gasteiger partial charge in [0, 0.05) is 30.1 Å². The molecular formula is C26H24FN3O2S2. The van der Waals surface area contributed by atoms with Crippen molar-refractivity contribution in [1.82, 2.24) is 14.5 Å². The molecule has 1 aliphatic rings. The number of amides is 1. The van der Waals surface area contributed by atoms with Crippen molar-refractivity contribution in [3.8, 4) is 11.1 Å². The molecule has 0 saturated carbocycles. The van der Waals surface area contributed by atoms with Crippen molar-refractivity contribution in [2.24, 2.45) is 0 Å². The van der Waals surface area contributed by atoms with Crippen molar-refractivity contribution in [3.63, 3.8) is 0 Å². The first-order valence-corrected chi connectivity index (χ1v) is 13.0. The van der Waals surface area contributed by atoms with E-state index in [4.69, 9.17) is 4.98 Å². The average molecular weight is 494 g/mol. The van der Waals surface area contributed by atoms with Gasteiger partial charge in [0.2, 0.25) is 5.91 Å². The number of nitrogens with zero attached hydrogens (tertiary/aromatic N) is 3. The number of fused-ring (bicyclic) bond motifs is 2. The highest BCUT2D eigenvalue weighted by molar-refractivity contribution is 7.99. The Morgan fingerprint density at radius 3 is 2.62 bits per heavy atom. The molecule has 8 heteroatoms. The fourth-order valence-electron chi connectivity index (χ4n) is 4.46. The summed E-state index contributed by atoms with van der Waals surface area (Å²) in [6.07, 6.45) is 0.858. The van der Waals surface area contributed by atoms with Gasteiger partial charge in [-0.15, -0.1) is 11.3 Å².